The number of hydrogen-bond acceptors (Lipinski definition) is 4. The van der Waals surface area contributed by atoms with Gasteiger partial charge in [0, 0.05) is 29.7 Å². The van der Waals surface area contributed by atoms with E-state index >= 15 is 0 Å². The van der Waals surface area contributed by atoms with Crippen molar-refractivity contribution in [1.82, 2.24) is 0 Å². The van der Waals surface area contributed by atoms with Crippen molar-refractivity contribution in [3.8, 4) is 17.2 Å². The molecule has 1 aliphatic rings. The highest BCUT2D eigenvalue weighted by atomic mass is 16.5. The molecule has 0 aromatic heterocycles. The number of ether oxygens (including phenoxy) is 3. The molecule has 4 aromatic rings. The Morgan fingerprint density at radius 1 is 0.794 bits per heavy atom. The molecule has 0 saturated heterocycles. The van der Waals surface area contributed by atoms with Crippen molar-refractivity contribution in [3.63, 3.8) is 0 Å². The average Bonchev–Trinajstić information content (AvgIpc) is 2.89. The Morgan fingerprint density at radius 2 is 1.47 bits per heavy atom. The molecule has 0 saturated carbocycles. The topological polar surface area (TPSA) is 48.0 Å². The summed E-state index contributed by atoms with van der Waals surface area (Å²) in [4.78, 5) is 15.5. The first-order chi connectivity index (χ1) is 16.6. The fourth-order valence-corrected chi connectivity index (χ4v) is 4.94. The van der Waals surface area contributed by atoms with Crippen LogP contribution in [0.15, 0.2) is 78.9 Å². The van der Waals surface area contributed by atoms with Crippen LogP contribution >= 0.6 is 0 Å². The lowest BCUT2D eigenvalue weighted by Gasteiger charge is -2.36. The van der Waals surface area contributed by atoms with Gasteiger partial charge in [0.15, 0.2) is 11.5 Å². The normalized spacial score (nSPS) is 15.2. The van der Waals surface area contributed by atoms with Gasteiger partial charge in [-0.15, -0.1) is 0 Å². The largest absolute Gasteiger partial charge is 0.496 e. The third-order valence-corrected chi connectivity index (χ3v) is 6.56. The number of anilines is 1. The summed E-state index contributed by atoms with van der Waals surface area (Å²) in [6, 6.07) is 26.3. The van der Waals surface area contributed by atoms with E-state index in [1.807, 2.05) is 47.4 Å². The molecule has 1 heterocycles. The quantitative estimate of drug-likeness (QED) is 0.363. The predicted octanol–water partition coefficient (Wildman–Crippen LogP) is 5.93. The molecule has 0 aliphatic carbocycles. The Bertz CT molecular complexity index is 1350. The number of nitrogens with zero attached hydrogens (tertiary/aromatic N) is 1. The summed E-state index contributed by atoms with van der Waals surface area (Å²) >= 11 is 0. The van der Waals surface area contributed by atoms with Crippen LogP contribution in [0.1, 0.15) is 29.0 Å². The number of hydrogen-bond donors (Lipinski definition) is 0. The van der Waals surface area contributed by atoms with Crippen LogP contribution in [0.2, 0.25) is 0 Å². The first-order valence-electron chi connectivity index (χ1n) is 11.3. The van der Waals surface area contributed by atoms with Gasteiger partial charge >= 0.3 is 0 Å². The Kier molecular flexibility index (Phi) is 5.84. The molecular weight excluding hydrogens is 426 g/mol. The van der Waals surface area contributed by atoms with E-state index in [0.29, 0.717) is 30.2 Å². The smallest absolute Gasteiger partial charge is 0.228 e. The Balaban J connectivity index is 1.72. The van der Waals surface area contributed by atoms with E-state index < -0.39 is 0 Å². The molecule has 1 atom stereocenters. The van der Waals surface area contributed by atoms with Crippen LogP contribution in [0.5, 0.6) is 17.2 Å². The Hall–Kier alpha value is -3.99. The van der Waals surface area contributed by atoms with Crippen molar-refractivity contribution in [3.05, 3.63) is 95.6 Å². The van der Waals surface area contributed by atoms with Crippen LogP contribution in [0, 0.1) is 0 Å². The molecular formula is C29H27NO4. The van der Waals surface area contributed by atoms with Gasteiger partial charge in [-0.05, 0) is 34.0 Å². The standard InChI is InChI=1S/C29H27NO4/c1-32-25-17-27(34-3)26(33-2)15-22(25)23-16-28(31)30(18-19-9-5-4-6-10-19)24-14-13-20-11-7-8-12-21(20)29(23)24/h4-15,17,23H,16,18H2,1-3H3. The van der Waals surface area contributed by atoms with E-state index in [2.05, 4.69) is 36.4 Å². The summed E-state index contributed by atoms with van der Waals surface area (Å²) in [6.45, 7) is 0.529. The van der Waals surface area contributed by atoms with Crippen molar-refractivity contribution < 1.29 is 19.0 Å². The van der Waals surface area contributed by atoms with Gasteiger partial charge in [0.25, 0.3) is 0 Å². The third kappa shape index (κ3) is 3.73. The lowest BCUT2D eigenvalue weighted by Crippen LogP contribution is -2.36. The first kappa shape index (κ1) is 21.8. The maximum atomic E-state index is 13.6. The molecule has 0 fully saturated rings. The van der Waals surface area contributed by atoms with E-state index in [9.17, 15) is 4.79 Å². The molecule has 0 bridgehead atoms. The molecule has 5 rings (SSSR count). The zero-order chi connectivity index (χ0) is 23.7. The highest BCUT2D eigenvalue weighted by Crippen LogP contribution is 2.48. The fraction of sp³-hybridized carbons (Fsp3) is 0.207. The number of methoxy groups -OCH3 is 3. The lowest BCUT2D eigenvalue weighted by molar-refractivity contribution is -0.119. The second-order valence-corrected chi connectivity index (χ2v) is 8.39. The number of rotatable bonds is 6. The van der Waals surface area contributed by atoms with E-state index in [1.165, 1.54) is 0 Å². The number of benzene rings is 4. The summed E-state index contributed by atoms with van der Waals surface area (Å²) in [6.07, 6.45) is 0.333. The monoisotopic (exact) mass is 453 g/mol. The highest BCUT2D eigenvalue weighted by Gasteiger charge is 2.35. The van der Waals surface area contributed by atoms with Crippen LogP contribution in [-0.4, -0.2) is 27.2 Å². The zero-order valence-corrected chi connectivity index (χ0v) is 19.6. The second-order valence-electron chi connectivity index (χ2n) is 8.39. The molecule has 0 spiro atoms. The Labute approximate surface area is 199 Å². The number of carbonyl (C=O) groups excluding carboxylic acids is 1. The number of carbonyl (C=O) groups is 1. The van der Waals surface area contributed by atoms with Gasteiger partial charge in [-0.3, -0.25) is 4.79 Å². The van der Waals surface area contributed by atoms with Crippen LogP contribution in [0.3, 0.4) is 0 Å². The molecule has 0 radical (unpaired) electrons. The molecule has 5 nitrogen and oxygen atoms in total. The summed E-state index contributed by atoms with van der Waals surface area (Å²) < 4.78 is 16.8. The van der Waals surface area contributed by atoms with Gasteiger partial charge in [-0.2, -0.15) is 0 Å². The third-order valence-electron chi connectivity index (χ3n) is 6.56. The maximum Gasteiger partial charge on any atom is 0.228 e. The van der Waals surface area contributed by atoms with E-state index in [4.69, 9.17) is 14.2 Å². The summed E-state index contributed by atoms with van der Waals surface area (Å²) in [7, 11) is 4.86. The highest BCUT2D eigenvalue weighted by molar-refractivity contribution is 6.03. The minimum absolute atomic E-state index is 0.0773. The molecule has 0 N–H and O–H groups in total. The molecule has 5 heteroatoms. The zero-order valence-electron chi connectivity index (χ0n) is 19.6. The van der Waals surface area contributed by atoms with E-state index in [1.54, 1.807) is 21.3 Å². The van der Waals surface area contributed by atoms with Gasteiger partial charge in [0.1, 0.15) is 5.75 Å². The molecule has 1 unspecified atom stereocenters. The Morgan fingerprint density at radius 3 is 2.21 bits per heavy atom. The van der Waals surface area contributed by atoms with Crippen molar-refractivity contribution >= 4 is 22.4 Å². The van der Waals surface area contributed by atoms with Crippen LogP contribution in [0.4, 0.5) is 5.69 Å². The molecule has 172 valence electrons. The van der Waals surface area contributed by atoms with Crippen LogP contribution < -0.4 is 19.1 Å². The first-order valence-corrected chi connectivity index (χ1v) is 11.3. The van der Waals surface area contributed by atoms with Gasteiger partial charge in [-0.25, -0.2) is 0 Å². The lowest BCUT2D eigenvalue weighted by atomic mass is 9.80. The number of fused-ring (bicyclic) bond motifs is 3. The maximum absolute atomic E-state index is 13.6. The summed E-state index contributed by atoms with van der Waals surface area (Å²) in [5.74, 6) is 1.77. The SMILES string of the molecule is COc1cc(OC)c(C2CC(=O)N(Cc3ccccc3)c3ccc4ccccc4c32)cc1OC. The van der Waals surface area contributed by atoms with Crippen LogP contribution in [-0.2, 0) is 11.3 Å². The van der Waals surface area contributed by atoms with Crippen molar-refractivity contribution in [2.24, 2.45) is 0 Å². The van der Waals surface area contributed by atoms with Gasteiger partial charge < -0.3 is 19.1 Å². The molecule has 1 amide bonds. The average molecular weight is 454 g/mol. The van der Waals surface area contributed by atoms with Gasteiger partial charge in [0.2, 0.25) is 5.91 Å². The van der Waals surface area contributed by atoms with Crippen LogP contribution in [0.25, 0.3) is 10.8 Å². The molecule has 34 heavy (non-hydrogen) atoms. The van der Waals surface area contributed by atoms with Crippen molar-refractivity contribution in [2.45, 2.75) is 18.9 Å². The van der Waals surface area contributed by atoms with E-state index in [-0.39, 0.29) is 11.8 Å². The molecule has 1 aliphatic heterocycles. The van der Waals surface area contributed by atoms with Gasteiger partial charge in [-0.1, -0.05) is 60.7 Å². The minimum Gasteiger partial charge on any atom is -0.496 e. The van der Waals surface area contributed by atoms with E-state index in [0.717, 1.165) is 33.2 Å². The summed E-state index contributed by atoms with van der Waals surface area (Å²) in [5, 5.41) is 2.27. The predicted molar refractivity (Wildman–Crippen MR) is 134 cm³/mol. The minimum atomic E-state index is -0.185. The van der Waals surface area contributed by atoms with Crippen molar-refractivity contribution in [2.75, 3.05) is 26.2 Å². The number of amides is 1. The fourth-order valence-electron chi connectivity index (χ4n) is 4.94. The van der Waals surface area contributed by atoms with Gasteiger partial charge in [0.05, 0.1) is 27.9 Å². The summed E-state index contributed by atoms with van der Waals surface area (Å²) in [5.41, 5.74) is 4.06. The van der Waals surface area contributed by atoms with Crippen molar-refractivity contribution in [1.29, 1.82) is 0 Å². The molecule has 4 aromatic carbocycles. The second kappa shape index (κ2) is 9.10.